The van der Waals surface area contributed by atoms with Gasteiger partial charge in [0.1, 0.15) is 0 Å². The summed E-state index contributed by atoms with van der Waals surface area (Å²) in [5.41, 5.74) is 0. The highest BCUT2D eigenvalue weighted by atomic mass is 16.5. The molecule has 0 aromatic carbocycles. The van der Waals surface area contributed by atoms with Crippen molar-refractivity contribution in [1.29, 1.82) is 0 Å². The third kappa shape index (κ3) is 1.66. The average molecular weight is 129 g/mol. The topological polar surface area (TPSA) is 21.3 Å². The highest BCUT2D eigenvalue weighted by Crippen LogP contribution is 2.12. The average Bonchev–Trinajstić information content (AvgIpc) is 1.89. The number of ether oxygens (including phenoxy) is 1. The van der Waals surface area contributed by atoms with E-state index in [4.69, 9.17) is 4.74 Å². The van der Waals surface area contributed by atoms with Crippen molar-refractivity contribution in [2.45, 2.75) is 19.4 Å². The van der Waals surface area contributed by atoms with Gasteiger partial charge in [0, 0.05) is 12.6 Å². The van der Waals surface area contributed by atoms with Gasteiger partial charge >= 0.3 is 0 Å². The molecular formula is C7H15NO. The fourth-order valence-electron chi connectivity index (χ4n) is 1.31. The van der Waals surface area contributed by atoms with E-state index in [1.807, 2.05) is 7.05 Å². The molecule has 0 aliphatic carbocycles. The highest BCUT2D eigenvalue weighted by molar-refractivity contribution is 4.74. The fraction of sp³-hybridized carbons (Fsp3) is 1.00. The normalized spacial score (nSPS) is 36.7. The van der Waals surface area contributed by atoms with E-state index in [2.05, 4.69) is 12.2 Å². The second-order valence-electron chi connectivity index (χ2n) is 2.74. The van der Waals surface area contributed by atoms with Crippen LogP contribution in [-0.4, -0.2) is 26.3 Å². The van der Waals surface area contributed by atoms with Crippen molar-refractivity contribution >= 4 is 0 Å². The lowest BCUT2D eigenvalue weighted by Crippen LogP contribution is -2.39. The van der Waals surface area contributed by atoms with Gasteiger partial charge in [-0.25, -0.2) is 0 Å². The molecule has 0 unspecified atom stereocenters. The van der Waals surface area contributed by atoms with Gasteiger partial charge in [-0.2, -0.15) is 0 Å². The minimum atomic E-state index is 0.679. The van der Waals surface area contributed by atoms with Crippen LogP contribution < -0.4 is 5.32 Å². The molecule has 1 heterocycles. The molecule has 0 saturated carbocycles. The number of rotatable bonds is 1. The molecule has 0 bridgehead atoms. The summed E-state index contributed by atoms with van der Waals surface area (Å²) in [6.45, 7) is 4.07. The Morgan fingerprint density at radius 1 is 1.56 bits per heavy atom. The summed E-state index contributed by atoms with van der Waals surface area (Å²) in [5.74, 6) is 0.684. The van der Waals surface area contributed by atoms with Crippen LogP contribution >= 0.6 is 0 Å². The Kier molecular flexibility index (Phi) is 2.49. The van der Waals surface area contributed by atoms with Crippen molar-refractivity contribution in [3.05, 3.63) is 0 Å². The molecule has 0 aromatic heterocycles. The van der Waals surface area contributed by atoms with Crippen molar-refractivity contribution in [3.8, 4) is 0 Å². The Morgan fingerprint density at radius 3 is 2.78 bits per heavy atom. The smallest absolute Gasteiger partial charge is 0.0506 e. The molecule has 9 heavy (non-hydrogen) atoms. The molecule has 1 aliphatic heterocycles. The van der Waals surface area contributed by atoms with Crippen molar-refractivity contribution in [2.75, 3.05) is 20.3 Å². The van der Waals surface area contributed by atoms with Crippen LogP contribution in [0.25, 0.3) is 0 Å². The van der Waals surface area contributed by atoms with E-state index in [-0.39, 0.29) is 0 Å². The standard InChI is InChI=1S/C7H15NO/c1-6-5-9-4-3-7(6)8-2/h6-8H,3-5H2,1-2H3/t6-,7+/m1/s1. The number of nitrogens with one attached hydrogen (secondary N) is 1. The zero-order valence-electron chi connectivity index (χ0n) is 6.18. The second-order valence-corrected chi connectivity index (χ2v) is 2.74. The van der Waals surface area contributed by atoms with Crippen LogP contribution in [0.3, 0.4) is 0 Å². The van der Waals surface area contributed by atoms with Crippen LogP contribution in [0, 0.1) is 5.92 Å². The molecule has 1 fully saturated rings. The van der Waals surface area contributed by atoms with E-state index in [0.29, 0.717) is 12.0 Å². The molecule has 0 radical (unpaired) electrons. The minimum absolute atomic E-state index is 0.679. The van der Waals surface area contributed by atoms with Gasteiger partial charge < -0.3 is 10.1 Å². The summed E-state index contributed by atoms with van der Waals surface area (Å²) in [6.07, 6.45) is 1.16. The van der Waals surface area contributed by atoms with E-state index in [1.54, 1.807) is 0 Å². The zero-order valence-corrected chi connectivity index (χ0v) is 6.18. The Balaban J connectivity index is 2.30. The predicted octanol–water partition coefficient (Wildman–Crippen LogP) is 0.631. The number of hydrogen-bond acceptors (Lipinski definition) is 2. The third-order valence-corrected chi connectivity index (χ3v) is 2.01. The summed E-state index contributed by atoms with van der Waals surface area (Å²) < 4.78 is 5.27. The lowest BCUT2D eigenvalue weighted by atomic mass is 9.98. The number of hydrogen-bond donors (Lipinski definition) is 1. The fourth-order valence-corrected chi connectivity index (χ4v) is 1.31. The summed E-state index contributed by atoms with van der Waals surface area (Å²) in [5, 5.41) is 3.27. The molecule has 1 rings (SSSR count). The molecule has 54 valence electrons. The molecule has 0 amide bonds. The van der Waals surface area contributed by atoms with Crippen LogP contribution in [0.5, 0.6) is 0 Å². The Hall–Kier alpha value is -0.0800. The van der Waals surface area contributed by atoms with Gasteiger partial charge in [0.15, 0.2) is 0 Å². The van der Waals surface area contributed by atoms with E-state index in [1.165, 1.54) is 0 Å². The summed E-state index contributed by atoms with van der Waals surface area (Å²) in [7, 11) is 2.02. The molecule has 2 nitrogen and oxygen atoms in total. The van der Waals surface area contributed by atoms with Gasteiger partial charge in [-0.3, -0.25) is 0 Å². The van der Waals surface area contributed by atoms with Gasteiger partial charge in [-0.15, -0.1) is 0 Å². The van der Waals surface area contributed by atoms with E-state index < -0.39 is 0 Å². The Morgan fingerprint density at radius 2 is 2.33 bits per heavy atom. The molecule has 1 aliphatic rings. The van der Waals surface area contributed by atoms with E-state index >= 15 is 0 Å². The van der Waals surface area contributed by atoms with Crippen LogP contribution in [0.1, 0.15) is 13.3 Å². The maximum atomic E-state index is 5.27. The third-order valence-electron chi connectivity index (χ3n) is 2.01. The maximum absolute atomic E-state index is 5.27. The molecule has 0 aromatic rings. The SMILES string of the molecule is CN[C@H]1CCOC[C@H]1C. The maximum Gasteiger partial charge on any atom is 0.0506 e. The van der Waals surface area contributed by atoms with E-state index in [9.17, 15) is 0 Å². The van der Waals surface area contributed by atoms with Gasteiger partial charge in [0.05, 0.1) is 6.61 Å². The zero-order chi connectivity index (χ0) is 6.69. The summed E-state index contributed by atoms with van der Waals surface area (Å²) in [4.78, 5) is 0. The summed E-state index contributed by atoms with van der Waals surface area (Å²) in [6, 6.07) is 0.679. The minimum Gasteiger partial charge on any atom is -0.381 e. The Labute approximate surface area is 56.6 Å². The first-order valence-corrected chi connectivity index (χ1v) is 3.59. The highest BCUT2D eigenvalue weighted by Gasteiger charge is 2.19. The van der Waals surface area contributed by atoms with Crippen molar-refractivity contribution in [1.82, 2.24) is 5.32 Å². The van der Waals surface area contributed by atoms with Gasteiger partial charge in [-0.1, -0.05) is 6.92 Å². The van der Waals surface area contributed by atoms with Crippen molar-refractivity contribution in [3.63, 3.8) is 0 Å². The lowest BCUT2D eigenvalue weighted by molar-refractivity contribution is 0.0412. The first-order chi connectivity index (χ1) is 4.34. The van der Waals surface area contributed by atoms with Gasteiger partial charge in [-0.05, 0) is 19.4 Å². The van der Waals surface area contributed by atoms with Crippen LogP contribution in [-0.2, 0) is 4.74 Å². The monoisotopic (exact) mass is 129 g/mol. The van der Waals surface area contributed by atoms with Gasteiger partial charge in [0.2, 0.25) is 0 Å². The first kappa shape index (κ1) is 7.03. The van der Waals surface area contributed by atoms with Gasteiger partial charge in [0.25, 0.3) is 0 Å². The van der Waals surface area contributed by atoms with E-state index in [0.717, 1.165) is 19.6 Å². The lowest BCUT2D eigenvalue weighted by Gasteiger charge is -2.28. The predicted molar refractivity (Wildman–Crippen MR) is 37.4 cm³/mol. The summed E-state index contributed by atoms with van der Waals surface area (Å²) >= 11 is 0. The molecule has 0 spiro atoms. The molecule has 2 heteroatoms. The van der Waals surface area contributed by atoms with Crippen LogP contribution in [0.2, 0.25) is 0 Å². The molecule has 1 saturated heterocycles. The Bertz CT molecular complexity index is 85.0. The quantitative estimate of drug-likeness (QED) is 0.560. The van der Waals surface area contributed by atoms with Crippen LogP contribution in [0.15, 0.2) is 0 Å². The van der Waals surface area contributed by atoms with Crippen molar-refractivity contribution < 1.29 is 4.74 Å². The second kappa shape index (κ2) is 3.18. The molecular weight excluding hydrogens is 114 g/mol. The molecule has 2 atom stereocenters. The van der Waals surface area contributed by atoms with Crippen molar-refractivity contribution in [2.24, 2.45) is 5.92 Å². The first-order valence-electron chi connectivity index (χ1n) is 3.59. The largest absolute Gasteiger partial charge is 0.381 e. The van der Waals surface area contributed by atoms with Crippen LogP contribution in [0.4, 0.5) is 0 Å². The molecule has 1 N–H and O–H groups in total.